The van der Waals surface area contributed by atoms with E-state index in [9.17, 15) is 14.0 Å². The third kappa shape index (κ3) is 3.04. The van der Waals surface area contributed by atoms with E-state index in [4.69, 9.17) is 16.7 Å². The van der Waals surface area contributed by atoms with E-state index in [0.29, 0.717) is 25.9 Å². The molecule has 0 aromatic heterocycles. The van der Waals surface area contributed by atoms with Crippen molar-refractivity contribution in [1.82, 2.24) is 4.90 Å². The van der Waals surface area contributed by atoms with Crippen LogP contribution in [-0.4, -0.2) is 35.0 Å². The van der Waals surface area contributed by atoms with E-state index in [2.05, 4.69) is 0 Å². The fourth-order valence-electron chi connectivity index (χ4n) is 2.14. The van der Waals surface area contributed by atoms with Crippen molar-refractivity contribution in [3.63, 3.8) is 0 Å². The second-order valence-corrected chi connectivity index (χ2v) is 4.94. The molecule has 1 amide bonds. The van der Waals surface area contributed by atoms with E-state index in [1.807, 2.05) is 0 Å². The molecule has 1 N–H and O–H groups in total. The summed E-state index contributed by atoms with van der Waals surface area (Å²) in [6.07, 6.45) is 0.855. The zero-order chi connectivity index (χ0) is 14.0. The number of carboxylic acids is 1. The fourth-order valence-corrected chi connectivity index (χ4v) is 2.26. The van der Waals surface area contributed by atoms with E-state index in [1.54, 1.807) is 4.90 Å². The van der Waals surface area contributed by atoms with E-state index in [1.165, 1.54) is 12.1 Å². The molecule has 0 aliphatic carbocycles. The third-order valence-corrected chi connectivity index (χ3v) is 3.60. The van der Waals surface area contributed by atoms with Crippen LogP contribution in [-0.2, 0) is 4.79 Å². The summed E-state index contributed by atoms with van der Waals surface area (Å²) in [7, 11) is 0. The van der Waals surface area contributed by atoms with Gasteiger partial charge in [0.2, 0.25) is 0 Å². The number of hydrogen-bond donors (Lipinski definition) is 1. The predicted octanol–water partition coefficient (Wildman–Crippen LogP) is 2.42. The number of carbonyl (C=O) groups excluding carboxylic acids is 1. The van der Waals surface area contributed by atoms with Crippen molar-refractivity contribution < 1.29 is 19.1 Å². The van der Waals surface area contributed by atoms with Gasteiger partial charge in [0, 0.05) is 18.7 Å². The van der Waals surface area contributed by atoms with Crippen LogP contribution in [0.3, 0.4) is 0 Å². The van der Waals surface area contributed by atoms with Crippen molar-refractivity contribution in [2.45, 2.75) is 12.8 Å². The molecule has 1 saturated heterocycles. The molecule has 1 aromatic carbocycles. The molecule has 1 heterocycles. The number of carbonyl (C=O) groups is 2. The highest BCUT2D eigenvalue weighted by atomic mass is 35.5. The first kappa shape index (κ1) is 13.8. The Labute approximate surface area is 114 Å². The van der Waals surface area contributed by atoms with E-state index in [0.717, 1.165) is 6.07 Å². The molecule has 0 unspecified atom stereocenters. The van der Waals surface area contributed by atoms with Crippen LogP contribution in [0.5, 0.6) is 0 Å². The molecule has 6 heteroatoms. The van der Waals surface area contributed by atoms with Gasteiger partial charge in [-0.15, -0.1) is 0 Å². The number of likely N-dealkylation sites (tertiary alicyclic amines) is 1. The van der Waals surface area contributed by atoms with Gasteiger partial charge in [0.1, 0.15) is 5.82 Å². The summed E-state index contributed by atoms with van der Waals surface area (Å²) >= 11 is 5.56. The Morgan fingerprint density at radius 1 is 1.32 bits per heavy atom. The summed E-state index contributed by atoms with van der Waals surface area (Å²) in [5.74, 6) is -2.15. The molecule has 0 saturated carbocycles. The Morgan fingerprint density at radius 2 is 1.95 bits per heavy atom. The molecule has 2 rings (SSSR count). The quantitative estimate of drug-likeness (QED) is 0.908. The average molecular weight is 286 g/mol. The van der Waals surface area contributed by atoms with E-state index >= 15 is 0 Å². The fraction of sp³-hybridized carbons (Fsp3) is 0.385. The van der Waals surface area contributed by atoms with Gasteiger partial charge in [-0.25, -0.2) is 4.39 Å². The first-order valence-corrected chi connectivity index (χ1v) is 6.34. The molecule has 0 bridgehead atoms. The van der Waals surface area contributed by atoms with Crippen LogP contribution in [0.15, 0.2) is 18.2 Å². The lowest BCUT2D eigenvalue weighted by atomic mass is 9.96. The Bertz CT molecular complexity index is 513. The van der Waals surface area contributed by atoms with Gasteiger partial charge in [-0.05, 0) is 31.0 Å². The predicted molar refractivity (Wildman–Crippen MR) is 67.7 cm³/mol. The second-order valence-electron chi connectivity index (χ2n) is 4.53. The molecular formula is C13H13ClFNO3. The number of carboxylic acid groups (broad SMARTS) is 1. The smallest absolute Gasteiger partial charge is 0.306 e. The number of piperidine rings is 1. The van der Waals surface area contributed by atoms with Crippen LogP contribution in [0, 0.1) is 11.7 Å². The Hall–Kier alpha value is -1.62. The van der Waals surface area contributed by atoms with Crippen molar-refractivity contribution in [1.29, 1.82) is 0 Å². The molecule has 19 heavy (non-hydrogen) atoms. The minimum atomic E-state index is -0.829. The highest BCUT2D eigenvalue weighted by Crippen LogP contribution is 2.21. The normalized spacial score (nSPS) is 16.4. The maximum Gasteiger partial charge on any atom is 0.306 e. The Morgan fingerprint density at radius 3 is 2.47 bits per heavy atom. The zero-order valence-corrected chi connectivity index (χ0v) is 10.9. The summed E-state index contributed by atoms with van der Waals surface area (Å²) in [5.41, 5.74) is 0.232. The van der Waals surface area contributed by atoms with Gasteiger partial charge in [-0.1, -0.05) is 11.6 Å². The molecule has 4 nitrogen and oxygen atoms in total. The van der Waals surface area contributed by atoms with Crippen LogP contribution in [0.4, 0.5) is 4.39 Å². The lowest BCUT2D eigenvalue weighted by Gasteiger charge is -2.30. The van der Waals surface area contributed by atoms with Gasteiger partial charge in [0.25, 0.3) is 5.91 Å². The summed E-state index contributed by atoms with van der Waals surface area (Å²) < 4.78 is 13.3. The number of hydrogen-bond acceptors (Lipinski definition) is 2. The number of amides is 1. The van der Waals surface area contributed by atoms with Gasteiger partial charge < -0.3 is 10.0 Å². The van der Waals surface area contributed by atoms with Crippen molar-refractivity contribution in [3.8, 4) is 0 Å². The largest absolute Gasteiger partial charge is 0.481 e. The zero-order valence-electron chi connectivity index (χ0n) is 10.1. The molecule has 1 aliphatic rings. The molecule has 1 fully saturated rings. The molecule has 0 radical (unpaired) electrons. The molecule has 0 atom stereocenters. The van der Waals surface area contributed by atoms with E-state index < -0.39 is 17.7 Å². The lowest BCUT2D eigenvalue weighted by Crippen LogP contribution is -2.40. The molecule has 1 aliphatic heterocycles. The van der Waals surface area contributed by atoms with E-state index in [-0.39, 0.29) is 16.5 Å². The maximum absolute atomic E-state index is 13.3. The molecule has 1 aromatic rings. The molecule has 0 spiro atoms. The van der Waals surface area contributed by atoms with Crippen LogP contribution < -0.4 is 0 Å². The summed E-state index contributed by atoms with van der Waals surface area (Å²) in [5, 5.41) is 8.85. The van der Waals surface area contributed by atoms with Gasteiger partial charge in [0.15, 0.2) is 0 Å². The molecular weight excluding hydrogens is 273 g/mol. The van der Waals surface area contributed by atoms with Gasteiger partial charge in [0.05, 0.1) is 10.9 Å². The van der Waals surface area contributed by atoms with Gasteiger partial charge in [-0.3, -0.25) is 9.59 Å². The van der Waals surface area contributed by atoms with Gasteiger partial charge in [-0.2, -0.15) is 0 Å². The maximum atomic E-state index is 13.3. The molecule has 102 valence electrons. The first-order chi connectivity index (χ1) is 8.99. The van der Waals surface area contributed by atoms with Crippen molar-refractivity contribution in [2.75, 3.05) is 13.1 Å². The Balaban J connectivity index is 2.05. The van der Waals surface area contributed by atoms with Crippen molar-refractivity contribution in [3.05, 3.63) is 34.6 Å². The highest BCUT2D eigenvalue weighted by molar-refractivity contribution is 6.30. The van der Waals surface area contributed by atoms with Gasteiger partial charge >= 0.3 is 5.97 Å². The summed E-state index contributed by atoms with van der Waals surface area (Å²) in [6.45, 7) is 0.750. The van der Waals surface area contributed by atoms with Crippen molar-refractivity contribution >= 4 is 23.5 Å². The van der Waals surface area contributed by atoms with Crippen LogP contribution >= 0.6 is 11.6 Å². The third-order valence-electron chi connectivity index (χ3n) is 3.30. The second kappa shape index (κ2) is 5.57. The number of halogens is 2. The SMILES string of the molecule is O=C(O)C1CCN(C(=O)c2ccc(Cl)c(F)c2)CC1. The minimum absolute atomic E-state index is 0.0267. The number of benzene rings is 1. The van der Waals surface area contributed by atoms with Crippen LogP contribution in [0.2, 0.25) is 5.02 Å². The first-order valence-electron chi connectivity index (χ1n) is 5.96. The van der Waals surface area contributed by atoms with Crippen LogP contribution in [0.25, 0.3) is 0 Å². The van der Waals surface area contributed by atoms with Crippen molar-refractivity contribution in [2.24, 2.45) is 5.92 Å². The number of rotatable bonds is 2. The number of nitrogens with zero attached hydrogens (tertiary/aromatic N) is 1. The standard InChI is InChI=1S/C13H13ClFNO3/c14-10-2-1-9(7-11(10)15)12(17)16-5-3-8(4-6-16)13(18)19/h1-2,7-8H,3-6H2,(H,18,19). The topological polar surface area (TPSA) is 57.6 Å². The summed E-state index contributed by atoms with van der Waals surface area (Å²) in [4.78, 5) is 24.5. The number of aliphatic carboxylic acids is 1. The Kier molecular flexibility index (Phi) is 4.04. The average Bonchev–Trinajstić information content (AvgIpc) is 2.41. The minimum Gasteiger partial charge on any atom is -0.481 e. The monoisotopic (exact) mass is 285 g/mol. The summed E-state index contributed by atoms with van der Waals surface area (Å²) in [6, 6.07) is 3.92. The lowest BCUT2D eigenvalue weighted by molar-refractivity contribution is -0.143. The highest BCUT2D eigenvalue weighted by Gasteiger charge is 2.27. The van der Waals surface area contributed by atoms with Crippen LogP contribution in [0.1, 0.15) is 23.2 Å².